The largest absolute Gasteiger partial charge is 0.503 e. The van der Waals surface area contributed by atoms with Crippen molar-refractivity contribution in [1.29, 1.82) is 0 Å². The van der Waals surface area contributed by atoms with Crippen LogP contribution in [0.4, 0.5) is 0 Å². The molecular formula is C14H21O4Y-. The molecule has 0 amide bonds. The van der Waals surface area contributed by atoms with Crippen LogP contribution in [0.15, 0.2) is 36.6 Å². The zero-order chi connectivity index (χ0) is 13.1. The van der Waals surface area contributed by atoms with Crippen LogP contribution in [0.25, 0.3) is 5.57 Å². The Balaban J connectivity index is -0.000000468. The molecule has 0 fully saturated rings. The molecule has 0 atom stereocenters. The van der Waals surface area contributed by atoms with Crippen molar-refractivity contribution in [2.75, 3.05) is 28.4 Å². The Morgan fingerprint density at radius 1 is 1.05 bits per heavy atom. The Hall–Kier alpha value is -0.706. The van der Waals surface area contributed by atoms with E-state index in [1.165, 1.54) is 20.5 Å². The van der Waals surface area contributed by atoms with Gasteiger partial charge < -0.3 is 21.6 Å². The zero-order valence-corrected chi connectivity index (χ0v) is 15.0. The fraction of sp³-hybridized carbons (Fsp3) is 0.286. The van der Waals surface area contributed by atoms with Crippen molar-refractivity contribution in [3.63, 3.8) is 0 Å². The molecule has 1 aromatic carbocycles. The average Bonchev–Trinajstić information content (AvgIpc) is 2.37. The van der Waals surface area contributed by atoms with E-state index in [0.717, 1.165) is 5.56 Å². The van der Waals surface area contributed by atoms with E-state index in [-0.39, 0.29) is 40.1 Å². The number of benzene rings is 1. The second kappa shape index (κ2) is 15.4. The van der Waals surface area contributed by atoms with Crippen LogP contribution in [0.3, 0.4) is 0 Å². The van der Waals surface area contributed by atoms with Gasteiger partial charge in [0, 0.05) is 46.9 Å². The topological polar surface area (TPSA) is 44.8 Å². The molecule has 4 nitrogen and oxygen atoms in total. The van der Waals surface area contributed by atoms with E-state index in [1.807, 2.05) is 30.3 Å². The normalized spacial score (nSPS) is 8.95. The van der Waals surface area contributed by atoms with E-state index in [2.05, 4.69) is 9.47 Å². The summed E-state index contributed by atoms with van der Waals surface area (Å²) in [6.45, 7) is 0. The number of hydrogen-bond donors (Lipinski definition) is 0. The molecule has 0 aliphatic rings. The summed E-state index contributed by atoms with van der Waals surface area (Å²) < 4.78 is 13.7. The molecule has 0 saturated carbocycles. The van der Waals surface area contributed by atoms with Gasteiger partial charge in [0.25, 0.3) is 0 Å². The third-order valence-electron chi connectivity index (χ3n) is 1.73. The number of methoxy groups -OCH3 is 3. The van der Waals surface area contributed by atoms with Crippen LogP contribution < -0.4 is 0 Å². The summed E-state index contributed by atoms with van der Waals surface area (Å²) in [5, 5.41) is 0. The van der Waals surface area contributed by atoms with E-state index in [9.17, 15) is 4.79 Å². The summed E-state index contributed by atoms with van der Waals surface area (Å²) in [5.74, 6) is -0.405. The van der Waals surface area contributed by atoms with E-state index < -0.39 is 5.97 Å². The van der Waals surface area contributed by atoms with Crippen LogP contribution >= 0.6 is 0 Å². The molecule has 0 heterocycles. The number of rotatable bonds is 3. The number of carbonyl (C=O) groups is 1. The van der Waals surface area contributed by atoms with Gasteiger partial charge in [-0.15, -0.1) is 0 Å². The van der Waals surface area contributed by atoms with Gasteiger partial charge in [-0.25, -0.2) is 4.79 Å². The molecule has 1 aromatic rings. The maximum Gasteiger partial charge on any atom is 0.341 e. The van der Waals surface area contributed by atoms with E-state index in [4.69, 9.17) is 4.74 Å². The van der Waals surface area contributed by atoms with E-state index in [1.54, 1.807) is 14.2 Å². The van der Waals surface area contributed by atoms with Crippen LogP contribution in [-0.2, 0) is 51.7 Å². The summed E-state index contributed by atoms with van der Waals surface area (Å²) >= 11 is 0. The van der Waals surface area contributed by atoms with Gasteiger partial charge >= 0.3 is 5.97 Å². The number of hydrogen-bond acceptors (Lipinski definition) is 4. The summed E-state index contributed by atoms with van der Waals surface area (Å²) in [5.41, 5.74) is 1.19. The SMILES string of the molecule is COC.COC=C(C(=O)OC)c1ccccc1.[CH3-].[Y]. The maximum absolute atomic E-state index is 11.3. The van der Waals surface area contributed by atoms with Crippen molar-refractivity contribution in [3.05, 3.63) is 49.6 Å². The molecule has 5 heteroatoms. The Kier molecular flexibility index (Phi) is 18.9. The van der Waals surface area contributed by atoms with Gasteiger partial charge in [0.1, 0.15) is 5.57 Å². The quantitative estimate of drug-likeness (QED) is 0.367. The molecule has 0 unspecified atom stereocenters. The molecule has 1 rings (SSSR count). The average molecular weight is 342 g/mol. The first-order valence-electron chi connectivity index (χ1n) is 4.98. The van der Waals surface area contributed by atoms with Crippen molar-refractivity contribution >= 4 is 11.5 Å². The van der Waals surface area contributed by atoms with Crippen LogP contribution in [-0.4, -0.2) is 34.4 Å². The molecular weight excluding hydrogens is 321 g/mol. The van der Waals surface area contributed by atoms with Gasteiger partial charge in [-0.1, -0.05) is 30.3 Å². The third-order valence-corrected chi connectivity index (χ3v) is 1.73. The minimum atomic E-state index is -0.405. The van der Waals surface area contributed by atoms with Crippen molar-refractivity contribution in [1.82, 2.24) is 0 Å². The third kappa shape index (κ3) is 9.82. The molecule has 1 radical (unpaired) electrons. The minimum Gasteiger partial charge on any atom is -0.503 e. The minimum absolute atomic E-state index is 0. The van der Waals surface area contributed by atoms with Gasteiger partial charge in [0.2, 0.25) is 0 Å². The predicted molar refractivity (Wildman–Crippen MR) is 72.8 cm³/mol. The predicted octanol–water partition coefficient (Wildman–Crippen LogP) is 2.56. The van der Waals surface area contributed by atoms with Gasteiger partial charge in [0.05, 0.1) is 20.5 Å². The van der Waals surface area contributed by atoms with Crippen molar-refractivity contribution in [2.24, 2.45) is 0 Å². The van der Waals surface area contributed by atoms with Gasteiger partial charge in [-0.2, -0.15) is 0 Å². The first-order chi connectivity index (χ1) is 8.21. The maximum atomic E-state index is 11.3. The smallest absolute Gasteiger partial charge is 0.341 e. The summed E-state index contributed by atoms with van der Waals surface area (Å²) in [6, 6.07) is 9.22. The van der Waals surface area contributed by atoms with Gasteiger partial charge in [-0.3, -0.25) is 0 Å². The van der Waals surface area contributed by atoms with Crippen LogP contribution in [0.5, 0.6) is 0 Å². The molecule has 19 heavy (non-hydrogen) atoms. The van der Waals surface area contributed by atoms with Crippen LogP contribution in [0, 0.1) is 7.43 Å². The monoisotopic (exact) mass is 342 g/mol. The summed E-state index contributed by atoms with van der Waals surface area (Å²) in [4.78, 5) is 11.3. The zero-order valence-electron chi connectivity index (χ0n) is 12.2. The molecule has 0 aromatic heterocycles. The molecule has 0 spiro atoms. The Morgan fingerprint density at radius 2 is 1.53 bits per heavy atom. The Morgan fingerprint density at radius 3 is 1.89 bits per heavy atom. The fourth-order valence-electron chi connectivity index (χ4n) is 1.08. The number of ether oxygens (including phenoxy) is 3. The van der Waals surface area contributed by atoms with Crippen LogP contribution in [0.1, 0.15) is 5.56 Å². The fourth-order valence-corrected chi connectivity index (χ4v) is 1.08. The van der Waals surface area contributed by atoms with Crippen molar-refractivity contribution < 1.29 is 51.7 Å². The van der Waals surface area contributed by atoms with Crippen LogP contribution in [0.2, 0.25) is 0 Å². The Labute approximate surface area is 141 Å². The standard InChI is InChI=1S/C11H12O3.C2H6O.CH3.Y/c1-13-8-10(11(12)14-2)9-6-4-3-5-7-9;1-3-2;;/h3-8H,1-2H3;1-2H3;1H3;/q;;-1;. The van der Waals surface area contributed by atoms with Crippen molar-refractivity contribution in [2.45, 2.75) is 0 Å². The first-order valence-corrected chi connectivity index (χ1v) is 4.98. The second-order valence-electron chi connectivity index (χ2n) is 3.03. The molecule has 0 N–H and O–H groups in total. The van der Waals surface area contributed by atoms with E-state index in [0.29, 0.717) is 5.57 Å². The molecule has 0 saturated heterocycles. The first kappa shape index (κ1) is 23.4. The van der Waals surface area contributed by atoms with Crippen molar-refractivity contribution in [3.8, 4) is 0 Å². The summed E-state index contributed by atoms with van der Waals surface area (Å²) in [7, 11) is 6.08. The Bertz CT molecular complexity index is 350. The molecule has 0 aliphatic heterocycles. The molecule has 105 valence electrons. The van der Waals surface area contributed by atoms with E-state index >= 15 is 0 Å². The van der Waals surface area contributed by atoms with Gasteiger partial charge in [-0.05, 0) is 5.56 Å². The molecule has 0 bridgehead atoms. The number of esters is 1. The molecule has 0 aliphatic carbocycles. The van der Waals surface area contributed by atoms with Gasteiger partial charge in [0.15, 0.2) is 0 Å². The summed E-state index contributed by atoms with van der Waals surface area (Å²) in [6.07, 6.45) is 1.38. The number of carbonyl (C=O) groups excluding carboxylic acids is 1. The second-order valence-corrected chi connectivity index (χ2v) is 3.03.